The van der Waals surface area contributed by atoms with E-state index in [2.05, 4.69) is 30.3 Å². The number of hydrogen-bond acceptors (Lipinski definition) is 4. The van der Waals surface area contributed by atoms with Crippen LogP contribution in [0, 0.1) is 0 Å². The summed E-state index contributed by atoms with van der Waals surface area (Å²) in [6.07, 6.45) is 13.9. The number of amides is 1. The second-order valence-corrected chi connectivity index (χ2v) is 6.18. The Bertz CT molecular complexity index is 600. The van der Waals surface area contributed by atoms with Gasteiger partial charge in [0.15, 0.2) is 5.82 Å². The second-order valence-electron chi connectivity index (χ2n) is 6.18. The number of aromatic amines is 1. The summed E-state index contributed by atoms with van der Waals surface area (Å²) >= 11 is 0. The second kappa shape index (κ2) is 7.89. The molecule has 1 fully saturated rings. The first kappa shape index (κ1) is 15.7. The molecule has 0 saturated heterocycles. The third-order valence-corrected chi connectivity index (χ3v) is 4.48. The Morgan fingerprint density at radius 2 is 2.22 bits per heavy atom. The van der Waals surface area contributed by atoms with Crippen LogP contribution in [0.1, 0.15) is 62.4 Å². The maximum atomic E-state index is 12.0. The van der Waals surface area contributed by atoms with Gasteiger partial charge in [0.2, 0.25) is 5.91 Å². The molecule has 1 aliphatic rings. The molecule has 1 amide bonds. The molecule has 124 valence electrons. The smallest absolute Gasteiger partial charge is 0.220 e. The summed E-state index contributed by atoms with van der Waals surface area (Å²) in [4.78, 5) is 12.0. The summed E-state index contributed by atoms with van der Waals surface area (Å²) in [7, 11) is 0. The Morgan fingerprint density at radius 1 is 1.35 bits per heavy atom. The molecule has 0 radical (unpaired) electrons. The van der Waals surface area contributed by atoms with E-state index in [9.17, 15) is 4.79 Å². The van der Waals surface area contributed by atoms with Crippen LogP contribution in [0.15, 0.2) is 18.7 Å². The van der Waals surface area contributed by atoms with Crippen LogP contribution in [0.25, 0.3) is 0 Å². The number of H-pyrrole nitrogens is 1. The molecule has 0 spiro atoms. The van der Waals surface area contributed by atoms with Crippen molar-refractivity contribution in [2.45, 2.75) is 64.0 Å². The van der Waals surface area contributed by atoms with Gasteiger partial charge in [-0.15, -0.1) is 10.2 Å². The number of nitrogens with one attached hydrogen (secondary N) is 2. The van der Waals surface area contributed by atoms with Gasteiger partial charge < -0.3 is 9.88 Å². The first-order valence-electron chi connectivity index (χ1n) is 8.45. The molecule has 3 rings (SSSR count). The quantitative estimate of drug-likeness (QED) is 0.819. The van der Waals surface area contributed by atoms with E-state index in [0.717, 1.165) is 24.2 Å². The van der Waals surface area contributed by atoms with Crippen LogP contribution in [0.3, 0.4) is 0 Å². The fraction of sp³-hybridized carbons (Fsp3) is 0.625. The van der Waals surface area contributed by atoms with Crippen LogP contribution in [-0.2, 0) is 17.8 Å². The van der Waals surface area contributed by atoms with Gasteiger partial charge in [0, 0.05) is 18.7 Å². The van der Waals surface area contributed by atoms with E-state index in [1.165, 1.54) is 32.1 Å². The molecule has 1 aliphatic carbocycles. The van der Waals surface area contributed by atoms with E-state index < -0.39 is 0 Å². The first-order chi connectivity index (χ1) is 11.3. The molecule has 0 bridgehead atoms. The molecule has 2 aromatic heterocycles. The van der Waals surface area contributed by atoms with Crippen LogP contribution >= 0.6 is 0 Å². The molecule has 23 heavy (non-hydrogen) atoms. The average molecular weight is 316 g/mol. The van der Waals surface area contributed by atoms with Gasteiger partial charge in [-0.05, 0) is 31.2 Å². The van der Waals surface area contributed by atoms with Crippen molar-refractivity contribution in [2.75, 3.05) is 0 Å². The summed E-state index contributed by atoms with van der Waals surface area (Å²) in [6, 6.07) is 0.492. The lowest BCUT2D eigenvalue weighted by molar-refractivity contribution is -0.121. The van der Waals surface area contributed by atoms with Crippen molar-refractivity contribution in [1.82, 2.24) is 30.3 Å². The molecule has 7 nitrogen and oxygen atoms in total. The molecule has 0 aliphatic heterocycles. The highest BCUT2D eigenvalue weighted by Crippen LogP contribution is 2.28. The highest BCUT2D eigenvalue weighted by atomic mass is 16.1. The third-order valence-electron chi connectivity index (χ3n) is 4.48. The van der Waals surface area contributed by atoms with Crippen molar-refractivity contribution in [3.63, 3.8) is 0 Å². The van der Waals surface area contributed by atoms with E-state index in [0.29, 0.717) is 19.0 Å². The topological polar surface area (TPSA) is 88.5 Å². The molecule has 2 aromatic rings. The molecular weight excluding hydrogens is 292 g/mol. The molecule has 2 heterocycles. The monoisotopic (exact) mass is 316 g/mol. The van der Waals surface area contributed by atoms with Crippen molar-refractivity contribution >= 4 is 5.91 Å². The molecule has 2 N–H and O–H groups in total. The van der Waals surface area contributed by atoms with Crippen LogP contribution in [-0.4, -0.2) is 30.9 Å². The highest BCUT2D eigenvalue weighted by molar-refractivity contribution is 5.75. The summed E-state index contributed by atoms with van der Waals surface area (Å²) in [5.74, 6) is 0.923. The van der Waals surface area contributed by atoms with E-state index in [1.54, 1.807) is 12.5 Å². The molecular formula is C16H24N6O. The maximum Gasteiger partial charge on any atom is 0.220 e. The van der Waals surface area contributed by atoms with Crippen LogP contribution in [0.5, 0.6) is 0 Å². The summed E-state index contributed by atoms with van der Waals surface area (Å²) < 4.78 is 2.14. The number of hydrogen-bond donors (Lipinski definition) is 2. The summed E-state index contributed by atoms with van der Waals surface area (Å²) in [5, 5.41) is 17.8. The van der Waals surface area contributed by atoms with Crippen molar-refractivity contribution in [3.05, 3.63) is 30.1 Å². The minimum absolute atomic E-state index is 0.0617. The lowest BCUT2D eigenvalue weighted by atomic mass is 9.95. The average Bonchev–Trinajstić information content (AvgIpc) is 3.25. The largest absolute Gasteiger partial charge is 0.349 e. The highest BCUT2D eigenvalue weighted by Gasteiger charge is 2.18. The Kier molecular flexibility index (Phi) is 5.39. The van der Waals surface area contributed by atoms with E-state index in [-0.39, 0.29) is 5.91 Å². The predicted octanol–water partition coefficient (Wildman–Crippen LogP) is 2.15. The summed E-state index contributed by atoms with van der Waals surface area (Å²) in [6.45, 7) is 0.459. The Hall–Kier alpha value is -2.18. The van der Waals surface area contributed by atoms with Gasteiger partial charge in [0.1, 0.15) is 6.33 Å². The SMILES string of the molecule is O=C(CCCc1cn[nH]c1)NCc1nncn1C1CCCCC1. The van der Waals surface area contributed by atoms with Crippen LogP contribution in [0.2, 0.25) is 0 Å². The Balaban J connectivity index is 1.43. The van der Waals surface area contributed by atoms with Crippen molar-refractivity contribution in [2.24, 2.45) is 0 Å². The van der Waals surface area contributed by atoms with E-state index in [1.807, 2.05) is 6.20 Å². The Morgan fingerprint density at radius 3 is 3.00 bits per heavy atom. The number of aryl methyl sites for hydroxylation is 1. The molecule has 0 unspecified atom stereocenters. The Labute approximate surface area is 135 Å². The maximum absolute atomic E-state index is 12.0. The number of carbonyl (C=O) groups is 1. The standard InChI is InChI=1S/C16H24N6O/c23-16(8-4-5-13-9-18-19-10-13)17-11-15-21-20-12-22(15)14-6-2-1-3-7-14/h9-10,12,14H,1-8,11H2,(H,17,23)(H,18,19). The molecule has 1 saturated carbocycles. The third kappa shape index (κ3) is 4.40. The summed E-state index contributed by atoms with van der Waals surface area (Å²) in [5.41, 5.74) is 1.13. The first-order valence-corrected chi connectivity index (χ1v) is 8.45. The minimum atomic E-state index is 0.0617. The zero-order valence-electron chi connectivity index (χ0n) is 13.4. The predicted molar refractivity (Wildman–Crippen MR) is 85.5 cm³/mol. The van der Waals surface area contributed by atoms with Gasteiger partial charge in [-0.3, -0.25) is 9.89 Å². The number of nitrogens with zero attached hydrogens (tertiary/aromatic N) is 4. The van der Waals surface area contributed by atoms with Gasteiger partial charge in [-0.1, -0.05) is 19.3 Å². The van der Waals surface area contributed by atoms with Crippen molar-refractivity contribution in [1.29, 1.82) is 0 Å². The van der Waals surface area contributed by atoms with Gasteiger partial charge in [-0.2, -0.15) is 5.10 Å². The van der Waals surface area contributed by atoms with Gasteiger partial charge in [0.25, 0.3) is 0 Å². The van der Waals surface area contributed by atoms with E-state index in [4.69, 9.17) is 0 Å². The lowest BCUT2D eigenvalue weighted by Gasteiger charge is -2.24. The van der Waals surface area contributed by atoms with Crippen molar-refractivity contribution < 1.29 is 4.79 Å². The van der Waals surface area contributed by atoms with E-state index >= 15 is 0 Å². The molecule has 0 atom stereocenters. The minimum Gasteiger partial charge on any atom is -0.349 e. The van der Waals surface area contributed by atoms with Crippen LogP contribution < -0.4 is 5.32 Å². The van der Waals surface area contributed by atoms with Gasteiger partial charge in [-0.25, -0.2) is 0 Å². The van der Waals surface area contributed by atoms with Gasteiger partial charge in [0.05, 0.1) is 12.7 Å². The molecule has 7 heteroatoms. The number of aromatic nitrogens is 5. The normalized spacial score (nSPS) is 15.7. The van der Waals surface area contributed by atoms with Crippen molar-refractivity contribution in [3.8, 4) is 0 Å². The zero-order chi connectivity index (χ0) is 15.9. The zero-order valence-corrected chi connectivity index (χ0v) is 13.4. The fourth-order valence-electron chi connectivity index (χ4n) is 3.19. The number of carbonyl (C=O) groups excluding carboxylic acids is 1. The number of rotatable bonds is 7. The lowest BCUT2D eigenvalue weighted by Crippen LogP contribution is -2.25. The fourth-order valence-corrected chi connectivity index (χ4v) is 3.19. The molecule has 0 aromatic carbocycles. The van der Waals surface area contributed by atoms with Gasteiger partial charge >= 0.3 is 0 Å². The van der Waals surface area contributed by atoms with Crippen LogP contribution in [0.4, 0.5) is 0 Å².